The van der Waals surface area contributed by atoms with Crippen molar-refractivity contribution < 1.29 is 4.74 Å². The Morgan fingerprint density at radius 3 is 2.26 bits per heavy atom. The lowest BCUT2D eigenvalue weighted by molar-refractivity contribution is 0.414. The van der Waals surface area contributed by atoms with Crippen molar-refractivity contribution in [3.05, 3.63) is 63.1 Å². The second-order valence-electron chi connectivity index (χ2n) is 4.25. The minimum atomic E-state index is -0.310. The van der Waals surface area contributed by atoms with E-state index in [1.165, 1.54) is 0 Å². The second kappa shape index (κ2) is 6.04. The smallest absolute Gasteiger partial charge is 0.119 e. The molecule has 0 N–H and O–H groups in total. The number of benzene rings is 2. The zero-order valence-electron chi connectivity index (χ0n) is 10.6. The monoisotopic (exact) mass is 314 g/mol. The van der Waals surface area contributed by atoms with E-state index in [2.05, 4.69) is 0 Å². The van der Waals surface area contributed by atoms with E-state index in [9.17, 15) is 0 Å². The van der Waals surface area contributed by atoms with Gasteiger partial charge < -0.3 is 4.74 Å². The Kier molecular flexibility index (Phi) is 4.62. The van der Waals surface area contributed by atoms with Crippen molar-refractivity contribution in [2.75, 3.05) is 7.11 Å². The molecular weight excluding hydrogens is 303 g/mol. The van der Waals surface area contributed by atoms with Crippen LogP contribution in [0.15, 0.2) is 36.4 Å². The molecule has 2 aromatic carbocycles. The van der Waals surface area contributed by atoms with Gasteiger partial charge in [0.1, 0.15) is 5.75 Å². The average molecular weight is 316 g/mol. The van der Waals surface area contributed by atoms with Gasteiger partial charge in [-0.05, 0) is 47.9 Å². The fourth-order valence-electron chi connectivity index (χ4n) is 1.93. The maximum Gasteiger partial charge on any atom is 0.119 e. The number of halogens is 3. The summed E-state index contributed by atoms with van der Waals surface area (Å²) in [6.45, 7) is 2.00. The molecule has 19 heavy (non-hydrogen) atoms. The Bertz CT molecular complexity index is 596. The lowest BCUT2D eigenvalue weighted by atomic mass is 10.00. The molecule has 0 fully saturated rings. The summed E-state index contributed by atoms with van der Waals surface area (Å²) < 4.78 is 5.19. The van der Waals surface area contributed by atoms with Gasteiger partial charge in [-0.1, -0.05) is 35.3 Å². The zero-order valence-corrected chi connectivity index (χ0v) is 12.9. The minimum absolute atomic E-state index is 0.310. The number of alkyl halides is 1. The molecule has 100 valence electrons. The molecule has 0 aromatic heterocycles. The number of hydrogen-bond donors (Lipinski definition) is 0. The van der Waals surface area contributed by atoms with Gasteiger partial charge in [0.2, 0.25) is 0 Å². The van der Waals surface area contributed by atoms with E-state index in [1.807, 2.05) is 31.2 Å². The first-order valence-electron chi connectivity index (χ1n) is 5.76. The molecule has 0 spiro atoms. The van der Waals surface area contributed by atoms with Crippen molar-refractivity contribution in [2.45, 2.75) is 12.3 Å². The first-order valence-corrected chi connectivity index (χ1v) is 6.95. The van der Waals surface area contributed by atoms with Gasteiger partial charge in [-0.25, -0.2) is 0 Å². The molecule has 0 saturated carbocycles. The van der Waals surface area contributed by atoms with Crippen LogP contribution in [0.2, 0.25) is 10.0 Å². The largest absolute Gasteiger partial charge is 0.497 e. The molecule has 1 nitrogen and oxygen atoms in total. The second-order valence-corrected chi connectivity index (χ2v) is 5.53. The average Bonchev–Trinajstić information content (AvgIpc) is 2.37. The first kappa shape index (κ1) is 14.5. The summed E-state index contributed by atoms with van der Waals surface area (Å²) in [6.07, 6.45) is 0. The van der Waals surface area contributed by atoms with Crippen LogP contribution in [0.5, 0.6) is 5.75 Å². The van der Waals surface area contributed by atoms with Gasteiger partial charge in [-0.15, -0.1) is 11.6 Å². The van der Waals surface area contributed by atoms with Crippen LogP contribution < -0.4 is 4.74 Å². The molecule has 0 saturated heterocycles. The lowest BCUT2D eigenvalue weighted by Crippen LogP contribution is -1.98. The van der Waals surface area contributed by atoms with Gasteiger partial charge in [-0.3, -0.25) is 0 Å². The Balaban J connectivity index is 2.41. The van der Waals surface area contributed by atoms with E-state index in [4.69, 9.17) is 39.5 Å². The summed E-state index contributed by atoms with van der Waals surface area (Å²) >= 11 is 18.6. The number of ether oxygens (including phenoxy) is 1. The van der Waals surface area contributed by atoms with Gasteiger partial charge in [0.15, 0.2) is 0 Å². The molecule has 0 aliphatic carbocycles. The van der Waals surface area contributed by atoms with Crippen LogP contribution in [0.25, 0.3) is 0 Å². The van der Waals surface area contributed by atoms with Crippen LogP contribution in [0, 0.1) is 6.92 Å². The van der Waals surface area contributed by atoms with Gasteiger partial charge >= 0.3 is 0 Å². The standard InChI is InChI=1S/C15H13Cl3O/c1-9-7-11(19-2)4-6-12(9)15(18)13-5-3-10(16)8-14(13)17/h3-8,15H,1-2H3. The topological polar surface area (TPSA) is 9.23 Å². The van der Waals surface area contributed by atoms with Crippen LogP contribution in [0.4, 0.5) is 0 Å². The molecule has 2 rings (SSSR count). The van der Waals surface area contributed by atoms with Crippen LogP contribution in [0.3, 0.4) is 0 Å². The van der Waals surface area contributed by atoms with E-state index in [1.54, 1.807) is 19.2 Å². The fraction of sp³-hybridized carbons (Fsp3) is 0.200. The molecule has 0 aliphatic heterocycles. The van der Waals surface area contributed by atoms with E-state index in [0.29, 0.717) is 10.0 Å². The van der Waals surface area contributed by atoms with Crippen LogP contribution in [-0.4, -0.2) is 7.11 Å². The lowest BCUT2D eigenvalue weighted by Gasteiger charge is -2.15. The van der Waals surface area contributed by atoms with Crippen molar-refractivity contribution in [1.82, 2.24) is 0 Å². The van der Waals surface area contributed by atoms with Crippen molar-refractivity contribution in [2.24, 2.45) is 0 Å². The third-order valence-corrected chi connectivity index (χ3v) is 4.02. The zero-order chi connectivity index (χ0) is 14.0. The Morgan fingerprint density at radius 1 is 1.00 bits per heavy atom. The predicted molar refractivity (Wildman–Crippen MR) is 81.9 cm³/mol. The molecule has 0 heterocycles. The van der Waals surface area contributed by atoms with Crippen molar-refractivity contribution in [3.63, 3.8) is 0 Å². The maximum absolute atomic E-state index is 6.52. The van der Waals surface area contributed by atoms with Crippen LogP contribution >= 0.6 is 34.8 Å². The molecule has 4 heteroatoms. The fourth-order valence-corrected chi connectivity index (χ4v) is 2.94. The van der Waals surface area contributed by atoms with Crippen molar-refractivity contribution in [1.29, 1.82) is 0 Å². The Labute approximate surface area is 128 Å². The molecule has 0 radical (unpaired) electrons. The van der Waals surface area contributed by atoms with Gasteiger partial charge in [0.25, 0.3) is 0 Å². The van der Waals surface area contributed by atoms with Crippen LogP contribution in [0.1, 0.15) is 22.1 Å². The summed E-state index contributed by atoms with van der Waals surface area (Å²) in [4.78, 5) is 0. The van der Waals surface area contributed by atoms with Crippen LogP contribution in [-0.2, 0) is 0 Å². The Hall–Kier alpha value is -0.890. The molecular formula is C15H13Cl3O. The summed E-state index contributed by atoms with van der Waals surface area (Å²) in [6, 6.07) is 11.1. The predicted octanol–water partition coefficient (Wildman–Crippen LogP) is 5.64. The first-order chi connectivity index (χ1) is 9.02. The highest BCUT2D eigenvalue weighted by atomic mass is 35.5. The summed E-state index contributed by atoms with van der Waals surface area (Å²) in [5, 5.41) is 0.863. The molecule has 2 aromatic rings. The van der Waals surface area contributed by atoms with E-state index >= 15 is 0 Å². The third-order valence-electron chi connectivity index (χ3n) is 2.99. The third kappa shape index (κ3) is 3.17. The van der Waals surface area contributed by atoms with Gasteiger partial charge in [0, 0.05) is 10.0 Å². The minimum Gasteiger partial charge on any atom is -0.497 e. The molecule has 0 aliphatic rings. The van der Waals surface area contributed by atoms with Crippen molar-refractivity contribution >= 4 is 34.8 Å². The highest BCUT2D eigenvalue weighted by molar-refractivity contribution is 6.36. The highest BCUT2D eigenvalue weighted by Crippen LogP contribution is 2.37. The quantitative estimate of drug-likeness (QED) is 0.666. The SMILES string of the molecule is COc1ccc(C(Cl)c2ccc(Cl)cc2Cl)c(C)c1. The summed E-state index contributed by atoms with van der Waals surface area (Å²) in [5.74, 6) is 0.812. The Morgan fingerprint density at radius 2 is 1.68 bits per heavy atom. The molecule has 1 unspecified atom stereocenters. The van der Waals surface area contributed by atoms with E-state index in [0.717, 1.165) is 22.4 Å². The summed E-state index contributed by atoms with van der Waals surface area (Å²) in [7, 11) is 1.64. The number of methoxy groups -OCH3 is 1. The molecule has 0 bridgehead atoms. The number of aryl methyl sites for hydroxylation is 1. The summed E-state index contributed by atoms with van der Waals surface area (Å²) in [5.41, 5.74) is 2.91. The van der Waals surface area contributed by atoms with Gasteiger partial charge in [-0.2, -0.15) is 0 Å². The molecule has 0 amide bonds. The number of rotatable bonds is 3. The maximum atomic E-state index is 6.52. The molecule has 1 atom stereocenters. The normalized spacial score (nSPS) is 12.3. The van der Waals surface area contributed by atoms with Gasteiger partial charge in [0.05, 0.1) is 12.5 Å². The van der Waals surface area contributed by atoms with E-state index < -0.39 is 0 Å². The van der Waals surface area contributed by atoms with Crippen molar-refractivity contribution in [3.8, 4) is 5.75 Å². The van der Waals surface area contributed by atoms with E-state index in [-0.39, 0.29) is 5.38 Å². The number of hydrogen-bond acceptors (Lipinski definition) is 1. The highest BCUT2D eigenvalue weighted by Gasteiger charge is 2.16.